The maximum atomic E-state index is 11.7. The molecule has 0 spiro atoms. The molecule has 98 valence electrons. The lowest BCUT2D eigenvalue weighted by Gasteiger charge is -2.24. The van der Waals surface area contributed by atoms with Gasteiger partial charge in [-0.15, -0.1) is 0 Å². The van der Waals surface area contributed by atoms with Gasteiger partial charge in [-0.3, -0.25) is 4.89 Å². The summed E-state index contributed by atoms with van der Waals surface area (Å²) < 4.78 is 0. The van der Waals surface area contributed by atoms with Gasteiger partial charge in [-0.2, -0.15) is 4.89 Å². The first-order chi connectivity index (χ1) is 8.65. The quantitative estimate of drug-likeness (QED) is 0.605. The van der Waals surface area contributed by atoms with Crippen molar-refractivity contribution in [2.75, 3.05) is 0 Å². The van der Waals surface area contributed by atoms with Crippen molar-refractivity contribution >= 4 is 5.97 Å². The van der Waals surface area contributed by atoms with E-state index in [0.29, 0.717) is 5.56 Å². The Balaban J connectivity index is 1.79. The van der Waals surface area contributed by atoms with Crippen LogP contribution < -0.4 is 0 Å². The number of hydrogen-bond donors (Lipinski definition) is 0. The highest BCUT2D eigenvalue weighted by atomic mass is 17.2. The third kappa shape index (κ3) is 3.57. The molecule has 0 radical (unpaired) electrons. The summed E-state index contributed by atoms with van der Waals surface area (Å²) in [6, 6.07) is 7.28. The van der Waals surface area contributed by atoms with Crippen molar-refractivity contribution < 1.29 is 14.6 Å². The van der Waals surface area contributed by atoms with Crippen LogP contribution in [0.15, 0.2) is 24.3 Å². The Kier molecular flexibility index (Phi) is 4.37. The van der Waals surface area contributed by atoms with E-state index in [2.05, 4.69) is 6.92 Å². The van der Waals surface area contributed by atoms with Crippen molar-refractivity contribution in [3.8, 4) is 0 Å². The highest BCUT2D eigenvalue weighted by molar-refractivity contribution is 5.88. The van der Waals surface area contributed by atoms with E-state index in [1.54, 1.807) is 12.1 Å². The van der Waals surface area contributed by atoms with E-state index >= 15 is 0 Å². The topological polar surface area (TPSA) is 35.5 Å². The van der Waals surface area contributed by atoms with Gasteiger partial charge in [0, 0.05) is 0 Å². The summed E-state index contributed by atoms with van der Waals surface area (Å²) in [6.07, 6.45) is 4.31. The zero-order valence-electron chi connectivity index (χ0n) is 11.0. The minimum Gasteiger partial charge on any atom is -0.293 e. The van der Waals surface area contributed by atoms with E-state index < -0.39 is 5.97 Å². The summed E-state index contributed by atoms with van der Waals surface area (Å²) in [6.45, 7) is 4.23. The zero-order chi connectivity index (χ0) is 13.0. The van der Waals surface area contributed by atoms with E-state index in [1.165, 1.54) is 0 Å². The number of hydrogen-bond acceptors (Lipinski definition) is 3. The second-order valence-corrected chi connectivity index (χ2v) is 5.21. The van der Waals surface area contributed by atoms with Gasteiger partial charge in [-0.1, -0.05) is 24.6 Å². The molecular weight excluding hydrogens is 228 g/mol. The van der Waals surface area contributed by atoms with Crippen molar-refractivity contribution in [2.24, 2.45) is 5.92 Å². The number of aryl methyl sites for hydroxylation is 1. The van der Waals surface area contributed by atoms with E-state index in [-0.39, 0.29) is 6.10 Å². The number of carbonyl (C=O) groups is 1. The third-order valence-electron chi connectivity index (χ3n) is 3.51. The summed E-state index contributed by atoms with van der Waals surface area (Å²) >= 11 is 0. The van der Waals surface area contributed by atoms with Crippen molar-refractivity contribution in [1.82, 2.24) is 0 Å². The van der Waals surface area contributed by atoms with Crippen molar-refractivity contribution in [3.05, 3.63) is 35.4 Å². The number of rotatable bonds is 3. The fourth-order valence-electron chi connectivity index (χ4n) is 2.18. The summed E-state index contributed by atoms with van der Waals surface area (Å²) in [5.41, 5.74) is 1.65. The first-order valence-corrected chi connectivity index (χ1v) is 6.59. The molecule has 0 atom stereocenters. The fourth-order valence-corrected chi connectivity index (χ4v) is 2.18. The molecule has 3 heteroatoms. The van der Waals surface area contributed by atoms with Crippen LogP contribution in [0.3, 0.4) is 0 Å². The molecule has 0 aliphatic heterocycles. The van der Waals surface area contributed by atoms with E-state index in [9.17, 15) is 4.79 Å². The van der Waals surface area contributed by atoms with Crippen LogP contribution in [0.1, 0.15) is 48.5 Å². The Morgan fingerprint density at radius 1 is 1.11 bits per heavy atom. The van der Waals surface area contributed by atoms with Gasteiger partial charge in [-0.05, 0) is 50.7 Å². The molecule has 0 saturated heterocycles. The highest BCUT2D eigenvalue weighted by Gasteiger charge is 2.21. The Hall–Kier alpha value is -1.35. The van der Waals surface area contributed by atoms with Crippen LogP contribution in [0.5, 0.6) is 0 Å². The van der Waals surface area contributed by atoms with Gasteiger partial charge >= 0.3 is 5.97 Å². The van der Waals surface area contributed by atoms with Crippen LogP contribution >= 0.6 is 0 Å². The predicted molar refractivity (Wildman–Crippen MR) is 69.1 cm³/mol. The monoisotopic (exact) mass is 248 g/mol. The summed E-state index contributed by atoms with van der Waals surface area (Å²) in [7, 11) is 0. The maximum absolute atomic E-state index is 11.7. The molecule has 1 aromatic carbocycles. The van der Waals surface area contributed by atoms with E-state index in [0.717, 1.165) is 37.2 Å². The van der Waals surface area contributed by atoms with Crippen molar-refractivity contribution in [2.45, 2.75) is 45.6 Å². The first-order valence-electron chi connectivity index (χ1n) is 6.59. The van der Waals surface area contributed by atoms with Crippen molar-refractivity contribution in [1.29, 1.82) is 0 Å². The van der Waals surface area contributed by atoms with Gasteiger partial charge in [0.15, 0.2) is 0 Å². The van der Waals surface area contributed by atoms with Gasteiger partial charge in [0.1, 0.15) is 6.10 Å². The summed E-state index contributed by atoms with van der Waals surface area (Å²) in [5, 5.41) is 0. The van der Waals surface area contributed by atoms with Crippen LogP contribution in [-0.4, -0.2) is 12.1 Å². The summed E-state index contributed by atoms with van der Waals surface area (Å²) in [4.78, 5) is 21.8. The molecule has 2 rings (SSSR count). The zero-order valence-corrected chi connectivity index (χ0v) is 11.0. The third-order valence-corrected chi connectivity index (χ3v) is 3.51. The number of benzene rings is 1. The Morgan fingerprint density at radius 2 is 1.72 bits per heavy atom. The van der Waals surface area contributed by atoms with Crippen LogP contribution in [0.4, 0.5) is 0 Å². The minimum absolute atomic E-state index is 0.0654. The van der Waals surface area contributed by atoms with Gasteiger partial charge in [0.25, 0.3) is 0 Å². The van der Waals surface area contributed by atoms with Crippen molar-refractivity contribution in [3.63, 3.8) is 0 Å². The van der Waals surface area contributed by atoms with Crippen LogP contribution in [-0.2, 0) is 9.78 Å². The van der Waals surface area contributed by atoms with Gasteiger partial charge < -0.3 is 0 Å². The average Bonchev–Trinajstić information content (AvgIpc) is 2.38. The van der Waals surface area contributed by atoms with Gasteiger partial charge in [-0.25, -0.2) is 4.79 Å². The molecule has 1 saturated carbocycles. The summed E-state index contributed by atoms with van der Waals surface area (Å²) in [5.74, 6) is 0.353. The molecular formula is C15H20O3. The minimum atomic E-state index is -0.409. The van der Waals surface area contributed by atoms with E-state index in [1.807, 2.05) is 19.1 Å². The molecule has 0 unspecified atom stereocenters. The molecule has 1 fully saturated rings. The Labute approximate surface area is 108 Å². The smallest absolute Gasteiger partial charge is 0.293 e. The SMILES string of the molecule is Cc1ccc(C(=O)OOC2CCC(C)CC2)cc1. The standard InChI is InChI=1S/C15H20O3/c1-11-3-7-13(8-4-11)15(16)18-17-14-9-5-12(2)6-10-14/h3-4,7-8,12,14H,5-6,9-10H2,1-2H3. The lowest BCUT2D eigenvalue weighted by atomic mass is 9.89. The lowest BCUT2D eigenvalue weighted by Crippen LogP contribution is -2.22. The average molecular weight is 248 g/mol. The highest BCUT2D eigenvalue weighted by Crippen LogP contribution is 2.25. The van der Waals surface area contributed by atoms with Crippen LogP contribution in [0.2, 0.25) is 0 Å². The Morgan fingerprint density at radius 3 is 2.33 bits per heavy atom. The molecule has 0 heterocycles. The Bertz CT molecular complexity index is 389. The second-order valence-electron chi connectivity index (χ2n) is 5.21. The molecule has 18 heavy (non-hydrogen) atoms. The molecule has 1 aromatic rings. The predicted octanol–water partition coefficient (Wildman–Crippen LogP) is 3.66. The molecule has 1 aliphatic rings. The van der Waals surface area contributed by atoms with Crippen LogP contribution in [0.25, 0.3) is 0 Å². The molecule has 1 aliphatic carbocycles. The lowest BCUT2D eigenvalue weighted by molar-refractivity contribution is -0.280. The van der Waals surface area contributed by atoms with Gasteiger partial charge in [0.2, 0.25) is 0 Å². The van der Waals surface area contributed by atoms with E-state index in [4.69, 9.17) is 9.78 Å². The molecule has 0 aromatic heterocycles. The molecule has 0 bridgehead atoms. The fraction of sp³-hybridized carbons (Fsp3) is 0.533. The largest absolute Gasteiger partial charge is 0.373 e. The second kappa shape index (κ2) is 6.01. The molecule has 3 nitrogen and oxygen atoms in total. The first kappa shape index (κ1) is 13.1. The maximum Gasteiger partial charge on any atom is 0.373 e. The molecule has 0 N–H and O–H groups in total. The van der Waals surface area contributed by atoms with Crippen LogP contribution in [0, 0.1) is 12.8 Å². The molecule has 0 amide bonds. The normalized spacial score (nSPS) is 23.7. The number of carbonyl (C=O) groups excluding carboxylic acids is 1. The van der Waals surface area contributed by atoms with Gasteiger partial charge in [0.05, 0.1) is 5.56 Å².